The number of carboxylic acids is 1. The van der Waals surface area contributed by atoms with Crippen molar-refractivity contribution in [1.82, 2.24) is 0 Å². The zero-order chi connectivity index (χ0) is 20.4. The molecule has 2 unspecified atom stereocenters. The van der Waals surface area contributed by atoms with E-state index in [0.29, 0.717) is 18.3 Å². The van der Waals surface area contributed by atoms with Gasteiger partial charge in [0.2, 0.25) is 0 Å². The van der Waals surface area contributed by atoms with Gasteiger partial charge in [-0.15, -0.1) is 0 Å². The van der Waals surface area contributed by atoms with Crippen molar-refractivity contribution in [2.75, 3.05) is 0 Å². The Hall–Kier alpha value is -2.09. The first-order valence-corrected chi connectivity index (χ1v) is 10.8. The molecule has 0 amide bonds. The van der Waals surface area contributed by atoms with Crippen LogP contribution in [0.4, 0.5) is 0 Å². The van der Waals surface area contributed by atoms with Gasteiger partial charge in [0.15, 0.2) is 0 Å². The number of hydrogen-bond donors (Lipinski definition) is 3. The van der Waals surface area contributed by atoms with E-state index in [0.717, 1.165) is 38.5 Å². The Morgan fingerprint density at radius 3 is 2.59 bits per heavy atom. The number of aliphatic hydroxyl groups excluding tert-OH is 2. The zero-order valence-corrected chi connectivity index (χ0v) is 16.8. The van der Waals surface area contributed by atoms with Crippen LogP contribution >= 0.6 is 0 Å². The Bertz CT molecular complexity index is 821. The smallest absolute Gasteiger partial charge is 0.303 e. The Morgan fingerprint density at radius 1 is 1.17 bits per heavy atom. The number of hydrogen-bond acceptors (Lipinski definition) is 3. The Morgan fingerprint density at radius 2 is 1.90 bits per heavy atom. The van der Waals surface area contributed by atoms with Crippen LogP contribution in [0.15, 0.2) is 35.9 Å². The molecule has 154 valence electrons. The SMILES string of the molecule is O=C(O)CCC/C=C1\CC2C[C@@H](O)[C@H](C#C[C@@H](O)C3Cc4ccccc4C3)C2C1. The molecule has 5 atom stereocenters. The van der Waals surface area contributed by atoms with Gasteiger partial charge in [-0.2, -0.15) is 0 Å². The molecule has 0 radical (unpaired) electrons. The average Bonchev–Trinajstić information content (AvgIpc) is 3.36. The lowest BCUT2D eigenvalue weighted by atomic mass is 9.90. The minimum Gasteiger partial charge on any atom is -0.481 e. The van der Waals surface area contributed by atoms with Crippen LogP contribution in [0.2, 0.25) is 0 Å². The third-order valence-corrected chi connectivity index (χ3v) is 7.00. The van der Waals surface area contributed by atoms with E-state index in [9.17, 15) is 15.0 Å². The molecular weight excluding hydrogens is 364 g/mol. The van der Waals surface area contributed by atoms with Gasteiger partial charge in [-0.1, -0.05) is 47.8 Å². The summed E-state index contributed by atoms with van der Waals surface area (Å²) >= 11 is 0. The summed E-state index contributed by atoms with van der Waals surface area (Å²) in [6.45, 7) is 0. The van der Waals surface area contributed by atoms with E-state index in [1.54, 1.807) is 0 Å². The average molecular weight is 395 g/mol. The van der Waals surface area contributed by atoms with Crippen molar-refractivity contribution >= 4 is 5.97 Å². The molecule has 4 heteroatoms. The Kier molecular flexibility index (Phi) is 6.08. The van der Waals surface area contributed by atoms with Gasteiger partial charge in [-0.05, 0) is 67.9 Å². The maximum Gasteiger partial charge on any atom is 0.303 e. The molecule has 2 fully saturated rings. The summed E-state index contributed by atoms with van der Waals surface area (Å²) in [5, 5.41) is 29.9. The number of aliphatic hydroxyl groups is 2. The minimum atomic E-state index is -0.742. The van der Waals surface area contributed by atoms with Crippen molar-refractivity contribution in [1.29, 1.82) is 0 Å². The summed E-state index contributed by atoms with van der Waals surface area (Å²) in [4.78, 5) is 10.6. The molecule has 1 aromatic rings. The van der Waals surface area contributed by atoms with Crippen molar-refractivity contribution < 1.29 is 20.1 Å². The van der Waals surface area contributed by atoms with E-state index in [1.807, 2.05) is 12.1 Å². The zero-order valence-electron chi connectivity index (χ0n) is 16.8. The first-order chi connectivity index (χ1) is 14.0. The molecule has 0 heterocycles. The quantitative estimate of drug-likeness (QED) is 0.407. The van der Waals surface area contributed by atoms with Crippen LogP contribution in [0, 0.1) is 35.5 Å². The fraction of sp³-hybridized carbons (Fsp3) is 0.560. The van der Waals surface area contributed by atoms with Crippen molar-refractivity contribution in [2.45, 2.75) is 63.6 Å². The highest BCUT2D eigenvalue weighted by molar-refractivity contribution is 5.66. The number of benzene rings is 1. The van der Waals surface area contributed by atoms with Crippen molar-refractivity contribution in [3.8, 4) is 11.8 Å². The molecule has 0 saturated heterocycles. The predicted molar refractivity (Wildman–Crippen MR) is 111 cm³/mol. The topological polar surface area (TPSA) is 77.8 Å². The molecule has 0 bridgehead atoms. The Balaban J connectivity index is 1.35. The highest BCUT2D eigenvalue weighted by Crippen LogP contribution is 2.49. The number of carbonyl (C=O) groups is 1. The summed E-state index contributed by atoms with van der Waals surface area (Å²) in [6.07, 6.45) is 7.29. The second-order valence-electron chi connectivity index (χ2n) is 8.98. The predicted octanol–water partition coefficient (Wildman–Crippen LogP) is 3.35. The molecule has 4 nitrogen and oxygen atoms in total. The molecule has 2 saturated carbocycles. The van der Waals surface area contributed by atoms with Gasteiger partial charge in [-0.3, -0.25) is 4.79 Å². The number of rotatable bonds is 5. The number of aliphatic carboxylic acids is 1. The van der Waals surface area contributed by atoms with Gasteiger partial charge in [0, 0.05) is 18.3 Å². The maximum atomic E-state index is 10.6. The minimum absolute atomic E-state index is 0.0663. The summed E-state index contributed by atoms with van der Waals surface area (Å²) in [5.41, 5.74) is 4.01. The van der Waals surface area contributed by atoms with Gasteiger partial charge in [0.05, 0.1) is 6.10 Å². The summed E-state index contributed by atoms with van der Waals surface area (Å²) in [6, 6.07) is 8.34. The van der Waals surface area contributed by atoms with E-state index in [2.05, 4.69) is 30.0 Å². The van der Waals surface area contributed by atoms with Gasteiger partial charge in [0.1, 0.15) is 6.10 Å². The lowest BCUT2D eigenvalue weighted by Gasteiger charge is -2.16. The molecule has 3 aliphatic carbocycles. The van der Waals surface area contributed by atoms with Gasteiger partial charge >= 0.3 is 5.97 Å². The molecule has 0 aromatic heterocycles. The molecule has 1 aromatic carbocycles. The monoisotopic (exact) mass is 394 g/mol. The molecule has 3 aliphatic rings. The van der Waals surface area contributed by atoms with E-state index >= 15 is 0 Å². The third kappa shape index (κ3) is 4.57. The van der Waals surface area contributed by atoms with E-state index in [4.69, 9.17) is 5.11 Å². The van der Waals surface area contributed by atoms with Crippen LogP contribution in [0.3, 0.4) is 0 Å². The second kappa shape index (κ2) is 8.73. The molecule has 0 aliphatic heterocycles. The number of carboxylic acid groups (broad SMARTS) is 1. The van der Waals surface area contributed by atoms with Gasteiger partial charge in [-0.25, -0.2) is 0 Å². The van der Waals surface area contributed by atoms with Crippen LogP contribution in [-0.2, 0) is 17.6 Å². The lowest BCUT2D eigenvalue weighted by molar-refractivity contribution is -0.137. The highest BCUT2D eigenvalue weighted by atomic mass is 16.4. The first-order valence-electron chi connectivity index (χ1n) is 10.8. The van der Waals surface area contributed by atoms with Crippen LogP contribution < -0.4 is 0 Å². The standard InChI is InChI=1S/C25H30O4/c26-23(20-13-17-6-2-3-7-18(17)14-20)10-9-21-22-12-16(5-1-4-8-25(28)29)11-19(22)15-24(21)27/h2-3,5-7,19-24,26-27H,1,4,8,11-15H2,(H,28,29)/b16-5+/t19?,21-,22?,23-,24-/m1/s1. The van der Waals surface area contributed by atoms with Crippen molar-refractivity contribution in [3.05, 3.63) is 47.0 Å². The van der Waals surface area contributed by atoms with Crippen LogP contribution in [0.25, 0.3) is 0 Å². The molecular formula is C25H30O4. The summed E-state index contributed by atoms with van der Waals surface area (Å²) < 4.78 is 0. The first kappa shape index (κ1) is 20.2. The lowest BCUT2D eigenvalue weighted by Crippen LogP contribution is -2.21. The fourth-order valence-corrected chi connectivity index (χ4v) is 5.51. The van der Waals surface area contributed by atoms with E-state index < -0.39 is 18.2 Å². The van der Waals surface area contributed by atoms with Gasteiger partial charge < -0.3 is 15.3 Å². The van der Waals surface area contributed by atoms with E-state index in [-0.39, 0.29) is 18.3 Å². The number of allylic oxidation sites excluding steroid dienone is 2. The van der Waals surface area contributed by atoms with Crippen LogP contribution in [0.1, 0.15) is 49.7 Å². The third-order valence-electron chi connectivity index (χ3n) is 7.00. The van der Waals surface area contributed by atoms with Crippen molar-refractivity contribution in [2.24, 2.45) is 23.7 Å². The van der Waals surface area contributed by atoms with Crippen LogP contribution in [-0.4, -0.2) is 33.5 Å². The highest BCUT2D eigenvalue weighted by Gasteiger charge is 2.45. The molecule has 0 spiro atoms. The van der Waals surface area contributed by atoms with Crippen LogP contribution in [0.5, 0.6) is 0 Å². The molecule has 4 rings (SSSR count). The fourth-order valence-electron chi connectivity index (χ4n) is 5.51. The number of fused-ring (bicyclic) bond motifs is 2. The maximum absolute atomic E-state index is 10.6. The molecule has 29 heavy (non-hydrogen) atoms. The summed E-state index contributed by atoms with van der Waals surface area (Å²) in [5.74, 6) is 6.49. The largest absolute Gasteiger partial charge is 0.481 e. The van der Waals surface area contributed by atoms with E-state index in [1.165, 1.54) is 16.7 Å². The van der Waals surface area contributed by atoms with Gasteiger partial charge in [0.25, 0.3) is 0 Å². The Labute approximate surface area is 172 Å². The molecule has 3 N–H and O–H groups in total. The summed E-state index contributed by atoms with van der Waals surface area (Å²) in [7, 11) is 0. The van der Waals surface area contributed by atoms with Crippen molar-refractivity contribution in [3.63, 3.8) is 0 Å². The normalized spacial score (nSPS) is 30.6. The second-order valence-corrected chi connectivity index (χ2v) is 8.98. The number of unbranched alkanes of at least 4 members (excludes halogenated alkanes) is 1.